The fraction of sp³-hybridized carbons (Fsp3) is 0.571. The van der Waals surface area contributed by atoms with Crippen LogP contribution < -0.4 is 0 Å². The van der Waals surface area contributed by atoms with Crippen LogP contribution in [0.4, 0.5) is 0 Å². The molecule has 1 aromatic heterocycles. The van der Waals surface area contributed by atoms with Gasteiger partial charge in [-0.1, -0.05) is 11.8 Å². The Balaban J connectivity index is 1.39. The first-order valence-corrected chi connectivity index (χ1v) is 13.2. The van der Waals surface area contributed by atoms with Crippen molar-refractivity contribution in [3.05, 3.63) is 24.3 Å². The molecular weight excluding hydrogens is 436 g/mol. The van der Waals surface area contributed by atoms with Gasteiger partial charge in [-0.2, -0.15) is 4.31 Å². The highest BCUT2D eigenvalue weighted by Gasteiger charge is 2.29. The normalized spacial score (nSPS) is 22.7. The predicted octanol–water partition coefficient (Wildman–Crippen LogP) is 3.40. The van der Waals surface area contributed by atoms with Crippen LogP contribution in [0.5, 0.6) is 0 Å². The number of thioether (sulfide) groups is 1. The number of benzene rings is 1. The van der Waals surface area contributed by atoms with Gasteiger partial charge in [-0.3, -0.25) is 4.79 Å². The minimum absolute atomic E-state index is 0.0842. The van der Waals surface area contributed by atoms with Gasteiger partial charge in [-0.05, 0) is 70.2 Å². The Bertz CT molecular complexity index is 1010. The fourth-order valence-corrected chi connectivity index (χ4v) is 6.49. The van der Waals surface area contributed by atoms with Gasteiger partial charge in [0.15, 0.2) is 0 Å². The zero-order valence-electron chi connectivity index (χ0n) is 17.9. The van der Waals surface area contributed by atoms with E-state index in [1.54, 1.807) is 24.3 Å². The minimum atomic E-state index is -3.45. The van der Waals surface area contributed by atoms with Crippen LogP contribution in [-0.4, -0.2) is 64.7 Å². The summed E-state index contributed by atoms with van der Waals surface area (Å²) in [4.78, 5) is 14.9. The molecule has 2 atom stereocenters. The quantitative estimate of drug-likeness (QED) is 0.605. The Morgan fingerprint density at radius 3 is 2.35 bits per heavy atom. The highest BCUT2D eigenvalue weighted by Crippen LogP contribution is 2.28. The Kier molecular flexibility index (Phi) is 6.68. The number of piperidine rings is 1. The number of sulfonamides is 1. The van der Waals surface area contributed by atoms with Gasteiger partial charge >= 0.3 is 0 Å². The Hall–Kier alpha value is -1.91. The summed E-state index contributed by atoms with van der Waals surface area (Å²) >= 11 is 1.23. The largest absolute Gasteiger partial charge is 0.411 e. The van der Waals surface area contributed by atoms with E-state index in [2.05, 4.69) is 24.0 Å². The molecule has 0 spiro atoms. The highest BCUT2D eigenvalue weighted by atomic mass is 32.2. The first-order chi connectivity index (χ1) is 14.9. The summed E-state index contributed by atoms with van der Waals surface area (Å²) in [6, 6.07) is 7.00. The molecule has 3 heterocycles. The molecule has 2 saturated heterocycles. The predicted molar refractivity (Wildman–Crippen MR) is 118 cm³/mol. The SMILES string of the molecule is CC1CCCC(C)N1C(=O)CSc1nnc(-c2ccc(S(=O)(=O)N3CCCC3)cc2)o1. The van der Waals surface area contributed by atoms with Crippen LogP contribution in [0.3, 0.4) is 0 Å². The van der Waals surface area contributed by atoms with E-state index in [0.717, 1.165) is 32.1 Å². The molecule has 2 aromatic rings. The Morgan fingerprint density at radius 1 is 1.06 bits per heavy atom. The Labute approximate surface area is 187 Å². The van der Waals surface area contributed by atoms with E-state index < -0.39 is 10.0 Å². The van der Waals surface area contributed by atoms with Gasteiger partial charge in [0.05, 0.1) is 10.6 Å². The van der Waals surface area contributed by atoms with Gasteiger partial charge in [0, 0.05) is 30.7 Å². The average molecular weight is 465 g/mol. The second-order valence-corrected chi connectivity index (χ2v) is 11.1. The van der Waals surface area contributed by atoms with E-state index in [0.29, 0.717) is 29.8 Å². The summed E-state index contributed by atoms with van der Waals surface area (Å²) in [6.45, 7) is 5.33. The minimum Gasteiger partial charge on any atom is -0.411 e. The summed E-state index contributed by atoms with van der Waals surface area (Å²) < 4.78 is 32.5. The van der Waals surface area contributed by atoms with Crippen molar-refractivity contribution < 1.29 is 17.6 Å². The van der Waals surface area contributed by atoms with Gasteiger partial charge in [-0.15, -0.1) is 10.2 Å². The van der Waals surface area contributed by atoms with Gasteiger partial charge in [-0.25, -0.2) is 8.42 Å². The molecule has 0 radical (unpaired) electrons. The summed E-state index contributed by atoms with van der Waals surface area (Å²) in [5.41, 5.74) is 0.643. The molecule has 2 aliphatic rings. The van der Waals surface area contributed by atoms with Crippen molar-refractivity contribution in [2.24, 2.45) is 0 Å². The third-order valence-electron chi connectivity index (χ3n) is 6.01. The standard InChI is InChI=1S/C21H28N4O4S2/c1-15-6-5-7-16(2)25(15)19(26)14-30-21-23-22-20(29-21)17-8-10-18(11-9-17)31(27,28)24-12-3-4-13-24/h8-11,15-16H,3-7,12-14H2,1-2H3. The van der Waals surface area contributed by atoms with Crippen molar-refractivity contribution in [3.8, 4) is 11.5 Å². The van der Waals surface area contributed by atoms with Crippen molar-refractivity contribution in [2.45, 2.75) is 68.2 Å². The molecule has 4 rings (SSSR count). The lowest BCUT2D eigenvalue weighted by Gasteiger charge is -2.39. The summed E-state index contributed by atoms with van der Waals surface area (Å²) in [7, 11) is -3.45. The lowest BCUT2D eigenvalue weighted by atomic mass is 9.98. The zero-order valence-corrected chi connectivity index (χ0v) is 19.5. The number of hydrogen-bond acceptors (Lipinski definition) is 7. The van der Waals surface area contributed by atoms with E-state index in [9.17, 15) is 13.2 Å². The Morgan fingerprint density at radius 2 is 1.71 bits per heavy atom. The molecular formula is C21H28N4O4S2. The summed E-state index contributed by atoms with van der Waals surface area (Å²) in [5, 5.41) is 8.41. The van der Waals surface area contributed by atoms with Crippen LogP contribution in [0.2, 0.25) is 0 Å². The average Bonchev–Trinajstić information content (AvgIpc) is 3.45. The van der Waals surface area contributed by atoms with Gasteiger partial charge in [0.1, 0.15) is 0 Å². The zero-order chi connectivity index (χ0) is 22.0. The van der Waals surface area contributed by atoms with E-state index >= 15 is 0 Å². The monoisotopic (exact) mass is 464 g/mol. The van der Waals surface area contributed by atoms with Crippen LogP contribution in [0.25, 0.3) is 11.5 Å². The number of carbonyl (C=O) groups is 1. The first-order valence-electron chi connectivity index (χ1n) is 10.7. The third-order valence-corrected chi connectivity index (χ3v) is 8.73. The molecule has 8 nitrogen and oxygen atoms in total. The molecule has 168 valence electrons. The van der Waals surface area contributed by atoms with Crippen molar-refractivity contribution in [1.29, 1.82) is 0 Å². The van der Waals surface area contributed by atoms with Crippen LogP contribution >= 0.6 is 11.8 Å². The highest BCUT2D eigenvalue weighted by molar-refractivity contribution is 7.99. The second kappa shape index (κ2) is 9.30. The van der Waals surface area contributed by atoms with E-state index in [4.69, 9.17) is 4.42 Å². The smallest absolute Gasteiger partial charge is 0.277 e. The van der Waals surface area contributed by atoms with E-state index in [-0.39, 0.29) is 28.6 Å². The van der Waals surface area contributed by atoms with Gasteiger partial charge in [0.25, 0.3) is 5.22 Å². The molecule has 2 aliphatic heterocycles. The molecule has 1 aromatic carbocycles. The molecule has 10 heteroatoms. The van der Waals surface area contributed by atoms with Crippen molar-refractivity contribution >= 4 is 27.7 Å². The third kappa shape index (κ3) is 4.80. The van der Waals surface area contributed by atoms with Crippen molar-refractivity contribution in [3.63, 3.8) is 0 Å². The number of carbonyl (C=O) groups excluding carboxylic acids is 1. The van der Waals surface area contributed by atoms with Crippen molar-refractivity contribution in [1.82, 2.24) is 19.4 Å². The lowest BCUT2D eigenvalue weighted by molar-refractivity contribution is -0.134. The van der Waals surface area contributed by atoms with Crippen LogP contribution in [-0.2, 0) is 14.8 Å². The first kappa shape index (κ1) is 22.3. The molecule has 31 heavy (non-hydrogen) atoms. The molecule has 0 aliphatic carbocycles. The molecule has 0 saturated carbocycles. The maximum Gasteiger partial charge on any atom is 0.277 e. The van der Waals surface area contributed by atoms with Crippen LogP contribution in [0.1, 0.15) is 46.0 Å². The number of hydrogen-bond donors (Lipinski definition) is 0. The number of rotatable bonds is 6. The number of aromatic nitrogens is 2. The fourth-order valence-electron chi connectivity index (χ4n) is 4.34. The maximum atomic E-state index is 12.7. The van der Waals surface area contributed by atoms with Gasteiger partial charge in [0.2, 0.25) is 21.8 Å². The molecule has 0 bridgehead atoms. The number of amides is 1. The van der Waals surface area contributed by atoms with Crippen LogP contribution in [0.15, 0.2) is 38.8 Å². The molecule has 0 N–H and O–H groups in total. The number of likely N-dealkylation sites (tertiary alicyclic amines) is 1. The van der Waals surface area contributed by atoms with Gasteiger partial charge < -0.3 is 9.32 Å². The molecule has 2 unspecified atom stereocenters. The van der Waals surface area contributed by atoms with E-state index in [1.807, 2.05) is 4.90 Å². The summed E-state index contributed by atoms with van der Waals surface area (Å²) in [5.74, 6) is 0.643. The second-order valence-electron chi connectivity index (χ2n) is 8.23. The summed E-state index contributed by atoms with van der Waals surface area (Å²) in [6.07, 6.45) is 5.03. The maximum absolute atomic E-state index is 12.7. The van der Waals surface area contributed by atoms with E-state index in [1.165, 1.54) is 16.1 Å². The van der Waals surface area contributed by atoms with Crippen molar-refractivity contribution in [2.75, 3.05) is 18.8 Å². The number of nitrogens with zero attached hydrogens (tertiary/aromatic N) is 4. The van der Waals surface area contributed by atoms with Crippen LogP contribution in [0, 0.1) is 0 Å². The lowest BCUT2D eigenvalue weighted by Crippen LogP contribution is -2.48. The topological polar surface area (TPSA) is 96.6 Å². The molecule has 1 amide bonds. The molecule has 2 fully saturated rings.